The zero-order chi connectivity index (χ0) is 18.2. The predicted octanol–water partition coefficient (Wildman–Crippen LogP) is 2.66. The number of amides is 2. The van der Waals surface area contributed by atoms with E-state index in [1.165, 1.54) is 4.88 Å². The van der Waals surface area contributed by atoms with E-state index < -0.39 is 0 Å². The fourth-order valence-corrected chi connectivity index (χ4v) is 3.59. The van der Waals surface area contributed by atoms with Crippen molar-refractivity contribution in [1.29, 1.82) is 0 Å². The minimum atomic E-state index is -0.0147. The monoisotopic (exact) mass is 375 g/mol. The van der Waals surface area contributed by atoms with Crippen LogP contribution in [0, 0.1) is 0 Å². The summed E-state index contributed by atoms with van der Waals surface area (Å²) in [5, 5.41) is 5.03. The molecule has 1 N–H and O–H groups in total. The number of carbonyl (C=O) groups is 1. The van der Waals surface area contributed by atoms with Crippen LogP contribution in [0.4, 0.5) is 4.79 Å². The number of ether oxygens (including phenoxy) is 2. The van der Waals surface area contributed by atoms with Gasteiger partial charge in [-0.3, -0.25) is 4.90 Å². The van der Waals surface area contributed by atoms with Crippen molar-refractivity contribution in [2.75, 3.05) is 46.4 Å². The Labute approximate surface area is 158 Å². The summed E-state index contributed by atoms with van der Waals surface area (Å²) >= 11 is 1.78. The number of benzene rings is 1. The van der Waals surface area contributed by atoms with Crippen molar-refractivity contribution in [2.24, 2.45) is 0 Å². The molecule has 1 aliphatic rings. The lowest BCUT2D eigenvalue weighted by molar-refractivity contribution is 0.135. The SMILES string of the molecule is COc1ccc(OCCNC(=O)N2CCN(Cc3cccs3)CC2)cc1. The van der Waals surface area contributed by atoms with E-state index in [9.17, 15) is 4.79 Å². The van der Waals surface area contributed by atoms with Gasteiger partial charge in [-0.1, -0.05) is 6.07 Å². The lowest BCUT2D eigenvalue weighted by Gasteiger charge is -2.34. The largest absolute Gasteiger partial charge is 0.497 e. The van der Waals surface area contributed by atoms with Gasteiger partial charge in [-0.15, -0.1) is 11.3 Å². The van der Waals surface area contributed by atoms with E-state index in [4.69, 9.17) is 9.47 Å². The Morgan fingerprint density at radius 3 is 2.50 bits per heavy atom. The lowest BCUT2D eigenvalue weighted by Crippen LogP contribution is -2.51. The van der Waals surface area contributed by atoms with Gasteiger partial charge in [0.15, 0.2) is 0 Å². The number of carbonyl (C=O) groups excluding carboxylic acids is 1. The molecule has 1 aromatic heterocycles. The summed E-state index contributed by atoms with van der Waals surface area (Å²) in [6.07, 6.45) is 0. The maximum Gasteiger partial charge on any atom is 0.317 e. The van der Waals surface area contributed by atoms with Gasteiger partial charge in [0.1, 0.15) is 18.1 Å². The third kappa shape index (κ3) is 5.37. The molecular weight excluding hydrogens is 350 g/mol. The van der Waals surface area contributed by atoms with Crippen LogP contribution >= 0.6 is 11.3 Å². The molecule has 0 aliphatic carbocycles. The Morgan fingerprint density at radius 1 is 1.12 bits per heavy atom. The van der Waals surface area contributed by atoms with Crippen molar-refractivity contribution in [3.8, 4) is 11.5 Å². The minimum Gasteiger partial charge on any atom is -0.497 e. The Hall–Kier alpha value is -2.25. The van der Waals surface area contributed by atoms with E-state index >= 15 is 0 Å². The molecule has 0 bridgehead atoms. The fraction of sp³-hybridized carbons (Fsp3) is 0.421. The highest BCUT2D eigenvalue weighted by Crippen LogP contribution is 2.16. The molecule has 2 aromatic rings. The van der Waals surface area contributed by atoms with Crippen molar-refractivity contribution >= 4 is 17.4 Å². The fourth-order valence-electron chi connectivity index (χ4n) is 2.84. The topological polar surface area (TPSA) is 54.0 Å². The predicted molar refractivity (Wildman–Crippen MR) is 103 cm³/mol. The number of piperazine rings is 1. The van der Waals surface area contributed by atoms with E-state index in [2.05, 4.69) is 27.7 Å². The van der Waals surface area contributed by atoms with Gasteiger partial charge < -0.3 is 19.7 Å². The average Bonchev–Trinajstić information content (AvgIpc) is 3.19. The van der Waals surface area contributed by atoms with Crippen LogP contribution in [0.15, 0.2) is 41.8 Å². The smallest absolute Gasteiger partial charge is 0.317 e. The van der Waals surface area contributed by atoms with E-state index in [0.29, 0.717) is 13.2 Å². The molecule has 140 valence electrons. The van der Waals surface area contributed by atoms with Crippen LogP contribution in [0.5, 0.6) is 11.5 Å². The van der Waals surface area contributed by atoms with E-state index in [0.717, 1.165) is 44.2 Å². The van der Waals surface area contributed by atoms with Crippen molar-refractivity contribution in [3.63, 3.8) is 0 Å². The van der Waals surface area contributed by atoms with Crippen LogP contribution < -0.4 is 14.8 Å². The van der Waals surface area contributed by atoms with Gasteiger partial charge in [0, 0.05) is 37.6 Å². The van der Waals surface area contributed by atoms with E-state index in [-0.39, 0.29) is 6.03 Å². The molecule has 0 radical (unpaired) electrons. The second-order valence-corrected chi connectivity index (χ2v) is 7.13. The Bertz CT molecular complexity index is 668. The molecule has 7 heteroatoms. The van der Waals surface area contributed by atoms with Gasteiger partial charge in [0.25, 0.3) is 0 Å². The maximum atomic E-state index is 12.2. The van der Waals surface area contributed by atoms with Crippen LogP contribution in [-0.2, 0) is 6.54 Å². The first kappa shape index (κ1) is 18.5. The first-order valence-electron chi connectivity index (χ1n) is 8.79. The van der Waals surface area contributed by atoms with Crippen molar-refractivity contribution in [1.82, 2.24) is 15.1 Å². The van der Waals surface area contributed by atoms with Crippen molar-refractivity contribution < 1.29 is 14.3 Å². The lowest BCUT2D eigenvalue weighted by atomic mass is 10.3. The standard InChI is InChI=1S/C19H25N3O3S/c1-24-16-4-6-17(7-5-16)25-13-8-20-19(23)22-11-9-21(10-12-22)15-18-3-2-14-26-18/h2-7,14H,8-13,15H2,1H3,(H,20,23). The molecule has 26 heavy (non-hydrogen) atoms. The maximum absolute atomic E-state index is 12.2. The summed E-state index contributed by atoms with van der Waals surface area (Å²) < 4.78 is 10.7. The first-order chi connectivity index (χ1) is 12.7. The highest BCUT2D eigenvalue weighted by molar-refractivity contribution is 7.09. The van der Waals surface area contributed by atoms with Crippen LogP contribution in [0.1, 0.15) is 4.88 Å². The molecule has 1 saturated heterocycles. The van der Waals surface area contributed by atoms with E-state index in [1.807, 2.05) is 29.2 Å². The molecule has 2 amide bonds. The third-order valence-corrected chi connectivity index (χ3v) is 5.19. The van der Waals surface area contributed by atoms with Gasteiger partial charge in [-0.2, -0.15) is 0 Å². The van der Waals surface area contributed by atoms with Gasteiger partial charge in [0.2, 0.25) is 0 Å². The Morgan fingerprint density at radius 2 is 1.85 bits per heavy atom. The molecule has 0 spiro atoms. The number of hydrogen-bond donors (Lipinski definition) is 1. The first-order valence-corrected chi connectivity index (χ1v) is 9.67. The quantitative estimate of drug-likeness (QED) is 0.756. The van der Waals surface area contributed by atoms with Gasteiger partial charge >= 0.3 is 6.03 Å². The zero-order valence-corrected chi connectivity index (χ0v) is 15.8. The molecule has 2 heterocycles. The molecule has 0 atom stereocenters. The summed E-state index contributed by atoms with van der Waals surface area (Å²) in [4.78, 5) is 17.9. The second-order valence-electron chi connectivity index (χ2n) is 6.10. The van der Waals surface area contributed by atoms with Gasteiger partial charge in [-0.25, -0.2) is 4.79 Å². The highest BCUT2D eigenvalue weighted by Gasteiger charge is 2.20. The molecule has 0 saturated carbocycles. The zero-order valence-electron chi connectivity index (χ0n) is 15.0. The number of nitrogens with one attached hydrogen (secondary N) is 1. The summed E-state index contributed by atoms with van der Waals surface area (Å²) in [7, 11) is 1.63. The molecule has 6 nitrogen and oxygen atoms in total. The molecule has 1 aromatic carbocycles. The third-order valence-electron chi connectivity index (χ3n) is 4.33. The summed E-state index contributed by atoms with van der Waals surface area (Å²) in [6.45, 7) is 5.24. The number of methoxy groups -OCH3 is 1. The number of hydrogen-bond acceptors (Lipinski definition) is 5. The van der Waals surface area contributed by atoms with Gasteiger partial charge in [-0.05, 0) is 35.7 Å². The summed E-state index contributed by atoms with van der Waals surface area (Å²) in [5.74, 6) is 1.56. The van der Waals surface area contributed by atoms with Crippen molar-refractivity contribution in [3.05, 3.63) is 46.7 Å². The molecule has 0 unspecified atom stereocenters. The Kier molecular flexibility index (Phi) is 6.74. The molecule has 1 aliphatic heterocycles. The second kappa shape index (κ2) is 9.45. The Balaban J connectivity index is 1.31. The summed E-state index contributed by atoms with van der Waals surface area (Å²) in [6, 6.07) is 11.6. The number of thiophene rings is 1. The number of urea groups is 1. The molecule has 1 fully saturated rings. The molecular formula is C19H25N3O3S. The normalized spacial score (nSPS) is 14.9. The van der Waals surface area contributed by atoms with Crippen LogP contribution in [-0.4, -0.2) is 62.3 Å². The average molecular weight is 375 g/mol. The number of nitrogens with zero attached hydrogens (tertiary/aromatic N) is 2. The van der Waals surface area contributed by atoms with Crippen LogP contribution in [0.25, 0.3) is 0 Å². The van der Waals surface area contributed by atoms with Crippen LogP contribution in [0.2, 0.25) is 0 Å². The van der Waals surface area contributed by atoms with Gasteiger partial charge in [0.05, 0.1) is 13.7 Å². The van der Waals surface area contributed by atoms with Crippen molar-refractivity contribution in [2.45, 2.75) is 6.54 Å². The number of rotatable bonds is 7. The van der Waals surface area contributed by atoms with Crippen LogP contribution in [0.3, 0.4) is 0 Å². The van der Waals surface area contributed by atoms with E-state index in [1.54, 1.807) is 18.4 Å². The minimum absolute atomic E-state index is 0.0147. The summed E-state index contributed by atoms with van der Waals surface area (Å²) in [5.41, 5.74) is 0. The molecule has 3 rings (SSSR count). The highest BCUT2D eigenvalue weighted by atomic mass is 32.1.